The SMILES string of the molecule is O=C(O)N1CCC(=Cc2cccc(-n3cccn3)c2)CC1. The molecule has 0 atom stereocenters. The number of piperidine rings is 1. The van der Waals surface area contributed by atoms with Gasteiger partial charge in [-0.05, 0) is 36.6 Å². The fourth-order valence-electron chi connectivity index (χ4n) is 2.54. The van der Waals surface area contributed by atoms with Crippen LogP contribution >= 0.6 is 0 Å². The third kappa shape index (κ3) is 3.13. The molecule has 2 aromatic rings. The van der Waals surface area contributed by atoms with Crippen molar-refractivity contribution in [3.8, 4) is 5.69 Å². The Labute approximate surface area is 123 Å². The molecule has 0 aliphatic carbocycles. The van der Waals surface area contributed by atoms with Crippen molar-refractivity contribution in [1.82, 2.24) is 14.7 Å². The first kappa shape index (κ1) is 13.4. The zero-order valence-corrected chi connectivity index (χ0v) is 11.6. The van der Waals surface area contributed by atoms with E-state index in [1.165, 1.54) is 10.5 Å². The summed E-state index contributed by atoms with van der Waals surface area (Å²) in [5, 5.41) is 13.2. The van der Waals surface area contributed by atoms with Gasteiger partial charge in [0.1, 0.15) is 0 Å². The van der Waals surface area contributed by atoms with Crippen LogP contribution in [0.25, 0.3) is 11.8 Å². The van der Waals surface area contributed by atoms with Crippen LogP contribution < -0.4 is 0 Å². The fraction of sp³-hybridized carbons (Fsp3) is 0.250. The summed E-state index contributed by atoms with van der Waals surface area (Å²) in [6.45, 7) is 1.17. The van der Waals surface area contributed by atoms with Crippen molar-refractivity contribution < 1.29 is 9.90 Å². The van der Waals surface area contributed by atoms with Crippen LogP contribution in [0.5, 0.6) is 0 Å². The lowest BCUT2D eigenvalue weighted by Crippen LogP contribution is -2.35. The molecule has 0 bridgehead atoms. The Hall–Kier alpha value is -2.56. The number of carboxylic acid groups (broad SMARTS) is 1. The Kier molecular flexibility index (Phi) is 3.73. The zero-order chi connectivity index (χ0) is 14.7. The van der Waals surface area contributed by atoms with Crippen molar-refractivity contribution >= 4 is 12.2 Å². The average Bonchev–Trinajstić information content (AvgIpc) is 3.02. The minimum absolute atomic E-state index is 0.583. The minimum Gasteiger partial charge on any atom is -0.465 e. The third-order valence-corrected chi connectivity index (χ3v) is 3.69. The highest BCUT2D eigenvalue weighted by atomic mass is 16.4. The molecule has 3 rings (SSSR count). The number of amides is 1. The van der Waals surface area contributed by atoms with Crippen molar-refractivity contribution in [2.75, 3.05) is 13.1 Å². The Morgan fingerprint density at radius 2 is 2.05 bits per heavy atom. The molecular formula is C16H17N3O2. The van der Waals surface area contributed by atoms with Crippen LogP contribution in [0.4, 0.5) is 4.79 Å². The minimum atomic E-state index is -0.824. The van der Waals surface area contributed by atoms with Crippen molar-refractivity contribution in [3.63, 3.8) is 0 Å². The van der Waals surface area contributed by atoms with Gasteiger partial charge < -0.3 is 10.0 Å². The van der Waals surface area contributed by atoms with E-state index in [0.29, 0.717) is 13.1 Å². The number of nitrogens with zero attached hydrogens (tertiary/aromatic N) is 3. The van der Waals surface area contributed by atoms with Crippen LogP contribution in [0.15, 0.2) is 48.3 Å². The zero-order valence-electron chi connectivity index (χ0n) is 11.6. The number of rotatable bonds is 2. The van der Waals surface area contributed by atoms with Gasteiger partial charge >= 0.3 is 6.09 Å². The number of carbonyl (C=O) groups is 1. The van der Waals surface area contributed by atoms with Gasteiger partial charge in [0.05, 0.1) is 5.69 Å². The monoisotopic (exact) mass is 283 g/mol. The van der Waals surface area contributed by atoms with Crippen molar-refractivity contribution in [2.45, 2.75) is 12.8 Å². The number of likely N-dealkylation sites (tertiary alicyclic amines) is 1. The van der Waals surface area contributed by atoms with E-state index in [-0.39, 0.29) is 0 Å². The van der Waals surface area contributed by atoms with Gasteiger partial charge in [-0.1, -0.05) is 23.8 Å². The van der Waals surface area contributed by atoms with E-state index in [1.54, 1.807) is 6.20 Å². The molecule has 0 spiro atoms. The van der Waals surface area contributed by atoms with E-state index >= 15 is 0 Å². The number of hydrogen-bond acceptors (Lipinski definition) is 2. The van der Waals surface area contributed by atoms with E-state index in [2.05, 4.69) is 23.3 Å². The van der Waals surface area contributed by atoms with Gasteiger partial charge in [0.15, 0.2) is 0 Å². The maximum absolute atomic E-state index is 10.9. The van der Waals surface area contributed by atoms with Crippen LogP contribution in [0.1, 0.15) is 18.4 Å². The lowest BCUT2D eigenvalue weighted by Gasteiger charge is -2.25. The van der Waals surface area contributed by atoms with Crippen LogP contribution in [-0.4, -0.2) is 39.0 Å². The summed E-state index contributed by atoms with van der Waals surface area (Å²) < 4.78 is 1.83. The molecule has 108 valence electrons. The van der Waals surface area contributed by atoms with Crippen LogP contribution in [-0.2, 0) is 0 Å². The second kappa shape index (κ2) is 5.83. The molecule has 0 radical (unpaired) electrons. The largest absolute Gasteiger partial charge is 0.465 e. The van der Waals surface area contributed by atoms with E-state index in [4.69, 9.17) is 5.11 Å². The molecule has 1 aromatic heterocycles. The maximum Gasteiger partial charge on any atom is 0.407 e. The maximum atomic E-state index is 10.9. The second-order valence-corrected chi connectivity index (χ2v) is 5.12. The highest BCUT2D eigenvalue weighted by Crippen LogP contribution is 2.20. The Balaban J connectivity index is 1.75. The quantitative estimate of drug-likeness (QED) is 0.921. The van der Waals surface area contributed by atoms with Gasteiger partial charge in [0.25, 0.3) is 0 Å². The molecule has 1 fully saturated rings. The summed E-state index contributed by atoms with van der Waals surface area (Å²) in [4.78, 5) is 12.4. The molecule has 1 aliphatic heterocycles. The van der Waals surface area contributed by atoms with Gasteiger partial charge in [0.2, 0.25) is 0 Å². The van der Waals surface area contributed by atoms with Gasteiger partial charge in [-0.3, -0.25) is 0 Å². The highest BCUT2D eigenvalue weighted by molar-refractivity contribution is 5.65. The first-order valence-corrected chi connectivity index (χ1v) is 7.00. The molecule has 1 aromatic carbocycles. The van der Waals surface area contributed by atoms with Crippen LogP contribution in [0, 0.1) is 0 Å². The number of hydrogen-bond donors (Lipinski definition) is 1. The molecule has 1 aliphatic rings. The molecule has 2 heterocycles. The topological polar surface area (TPSA) is 58.4 Å². The van der Waals surface area contributed by atoms with Crippen LogP contribution in [0.3, 0.4) is 0 Å². The summed E-state index contributed by atoms with van der Waals surface area (Å²) in [5.41, 5.74) is 3.45. The van der Waals surface area contributed by atoms with Gasteiger partial charge in [0, 0.05) is 25.5 Å². The van der Waals surface area contributed by atoms with Gasteiger partial charge in [-0.25, -0.2) is 9.48 Å². The summed E-state index contributed by atoms with van der Waals surface area (Å²) in [5.74, 6) is 0. The fourth-order valence-corrected chi connectivity index (χ4v) is 2.54. The normalized spacial score (nSPS) is 15.0. The summed E-state index contributed by atoms with van der Waals surface area (Å²) in [6.07, 6.45) is 6.61. The highest BCUT2D eigenvalue weighted by Gasteiger charge is 2.17. The molecule has 1 amide bonds. The van der Waals surface area contributed by atoms with Crippen molar-refractivity contribution in [1.29, 1.82) is 0 Å². The van der Waals surface area contributed by atoms with E-state index in [0.717, 1.165) is 24.1 Å². The summed E-state index contributed by atoms with van der Waals surface area (Å²) >= 11 is 0. The number of aromatic nitrogens is 2. The first-order chi connectivity index (χ1) is 10.2. The Morgan fingerprint density at radius 1 is 1.24 bits per heavy atom. The molecule has 21 heavy (non-hydrogen) atoms. The standard InChI is InChI=1S/C16H17N3O2/c20-16(21)18-9-5-13(6-10-18)11-14-3-1-4-15(12-14)19-8-2-7-17-19/h1-4,7-8,11-12H,5-6,9-10H2,(H,20,21). The van der Waals surface area contributed by atoms with Gasteiger partial charge in [-0.15, -0.1) is 0 Å². The molecule has 0 unspecified atom stereocenters. The molecule has 5 nitrogen and oxygen atoms in total. The summed E-state index contributed by atoms with van der Waals surface area (Å²) in [6, 6.07) is 10.1. The van der Waals surface area contributed by atoms with E-state index < -0.39 is 6.09 Å². The predicted molar refractivity (Wildman–Crippen MR) is 80.4 cm³/mol. The summed E-state index contributed by atoms with van der Waals surface area (Å²) in [7, 11) is 0. The van der Waals surface area contributed by atoms with Gasteiger partial charge in [-0.2, -0.15) is 5.10 Å². The van der Waals surface area contributed by atoms with Crippen molar-refractivity contribution in [2.24, 2.45) is 0 Å². The van der Waals surface area contributed by atoms with E-state index in [9.17, 15) is 4.79 Å². The first-order valence-electron chi connectivity index (χ1n) is 7.00. The average molecular weight is 283 g/mol. The molecule has 1 saturated heterocycles. The van der Waals surface area contributed by atoms with Crippen LogP contribution in [0.2, 0.25) is 0 Å². The molecule has 0 saturated carbocycles. The van der Waals surface area contributed by atoms with E-state index in [1.807, 2.05) is 29.1 Å². The third-order valence-electron chi connectivity index (χ3n) is 3.69. The Morgan fingerprint density at radius 3 is 2.71 bits per heavy atom. The molecular weight excluding hydrogens is 266 g/mol. The second-order valence-electron chi connectivity index (χ2n) is 5.12. The lowest BCUT2D eigenvalue weighted by molar-refractivity contribution is 0.142. The molecule has 1 N–H and O–H groups in total. The predicted octanol–water partition coefficient (Wildman–Crippen LogP) is 3.03. The number of benzene rings is 1. The smallest absolute Gasteiger partial charge is 0.407 e. The lowest BCUT2D eigenvalue weighted by atomic mass is 10.0. The molecule has 5 heteroatoms. The Bertz CT molecular complexity index is 652. The van der Waals surface area contributed by atoms with Crippen molar-refractivity contribution in [3.05, 3.63) is 53.9 Å².